The van der Waals surface area contributed by atoms with Crippen molar-refractivity contribution in [1.29, 1.82) is 5.26 Å². The Morgan fingerprint density at radius 3 is 2.88 bits per heavy atom. The highest BCUT2D eigenvalue weighted by molar-refractivity contribution is 4.95. The van der Waals surface area contributed by atoms with Gasteiger partial charge in [0.2, 0.25) is 0 Å². The number of nitriles is 1. The molecule has 0 rings (SSSR count). The molecule has 0 saturated heterocycles. The molecule has 1 N–H and O–H groups in total. The largest absolute Gasteiger partial charge is 0.323 e. The Bertz CT molecular complexity index is 133. The molecule has 0 aromatic rings. The first-order chi connectivity index (χ1) is 3.91. The summed E-state index contributed by atoms with van der Waals surface area (Å²) in [7, 11) is 0. The van der Waals surface area contributed by atoms with Crippen LogP contribution in [0.2, 0.25) is 0 Å². The molecule has 0 spiro atoms. The van der Waals surface area contributed by atoms with Gasteiger partial charge >= 0.3 is 0 Å². The van der Waals surface area contributed by atoms with Gasteiger partial charge in [0.05, 0.1) is 0 Å². The number of nitrogens with zero attached hydrogens (tertiary/aromatic N) is 1. The molecule has 8 heavy (non-hydrogen) atoms. The van der Waals surface area contributed by atoms with Gasteiger partial charge in [0, 0.05) is 13.0 Å². The van der Waals surface area contributed by atoms with Gasteiger partial charge in [-0.25, -0.2) is 0 Å². The van der Waals surface area contributed by atoms with E-state index in [2.05, 4.69) is 17.2 Å². The van der Waals surface area contributed by atoms with Crippen molar-refractivity contribution in [2.45, 2.75) is 13.3 Å². The number of rotatable bonds is 2. The molecule has 42 valence electrons. The molecule has 0 unspecified atom stereocenters. The summed E-state index contributed by atoms with van der Waals surface area (Å²) < 4.78 is 0. The lowest BCUT2D eigenvalue weighted by Crippen LogP contribution is -2.05. The molecular weight excluding hydrogens is 100 g/mol. The third-order valence-electron chi connectivity index (χ3n) is 0.631. The second-order valence-corrected chi connectivity index (χ2v) is 1.22. The molecule has 0 aliphatic heterocycles. The van der Waals surface area contributed by atoms with E-state index in [1.54, 1.807) is 6.92 Å². The summed E-state index contributed by atoms with van der Waals surface area (Å²) >= 11 is 0. The van der Waals surface area contributed by atoms with Crippen molar-refractivity contribution in [3.05, 3.63) is 0 Å². The smallest absolute Gasteiger partial charge is 0.176 e. The number of hydrogen-bond acceptors (Lipinski definition) is 2. The van der Waals surface area contributed by atoms with Crippen molar-refractivity contribution < 1.29 is 0 Å². The summed E-state index contributed by atoms with van der Waals surface area (Å²) in [5, 5.41) is 10.4. The summed E-state index contributed by atoms with van der Waals surface area (Å²) in [5.41, 5.74) is 0. The summed E-state index contributed by atoms with van der Waals surface area (Å²) in [5.74, 6) is 5.55. The van der Waals surface area contributed by atoms with Crippen LogP contribution in [0.3, 0.4) is 0 Å². The fourth-order valence-electron chi connectivity index (χ4n) is 0.306. The lowest BCUT2D eigenvalue weighted by Gasteiger charge is -1.84. The molecular formula is C6H8N2. The summed E-state index contributed by atoms with van der Waals surface area (Å²) in [4.78, 5) is 0. The topological polar surface area (TPSA) is 35.8 Å². The van der Waals surface area contributed by atoms with Gasteiger partial charge in [-0.1, -0.05) is 0 Å². The zero-order chi connectivity index (χ0) is 6.24. The van der Waals surface area contributed by atoms with Crippen LogP contribution in [0.5, 0.6) is 0 Å². The van der Waals surface area contributed by atoms with Gasteiger partial charge in [-0.05, 0) is 6.92 Å². The quantitative estimate of drug-likeness (QED) is 0.241. The van der Waals surface area contributed by atoms with E-state index >= 15 is 0 Å². The Hall–Kier alpha value is -1.15. The third-order valence-corrected chi connectivity index (χ3v) is 0.631. The van der Waals surface area contributed by atoms with Crippen LogP contribution in [0.15, 0.2) is 0 Å². The predicted octanol–water partition coefficient (Wildman–Crippen LogP) is 0.470. The Labute approximate surface area is 49.5 Å². The molecule has 0 amide bonds. The summed E-state index contributed by atoms with van der Waals surface area (Å²) in [6.07, 6.45) is 2.56. The molecule has 0 aromatic carbocycles. The maximum absolute atomic E-state index is 7.96. The maximum atomic E-state index is 7.96. The minimum Gasteiger partial charge on any atom is -0.323 e. The Morgan fingerprint density at radius 1 is 1.62 bits per heavy atom. The third kappa shape index (κ3) is 4.85. The van der Waals surface area contributed by atoms with Crippen LogP contribution in [0.1, 0.15) is 13.3 Å². The van der Waals surface area contributed by atoms with E-state index in [9.17, 15) is 0 Å². The highest BCUT2D eigenvalue weighted by Crippen LogP contribution is 1.67. The standard InChI is InChI=1S/C6H8N2/c1-2-3-4-5-8-6-7/h8H,4-5H2,1H3. The molecule has 0 atom stereocenters. The average molecular weight is 108 g/mol. The minimum atomic E-state index is 0.664. The molecule has 0 aliphatic carbocycles. The first-order valence-corrected chi connectivity index (χ1v) is 2.43. The van der Waals surface area contributed by atoms with E-state index < -0.39 is 0 Å². The first kappa shape index (κ1) is 6.85. The Kier molecular flexibility index (Phi) is 5.01. The summed E-state index contributed by atoms with van der Waals surface area (Å²) in [6.45, 7) is 2.45. The maximum Gasteiger partial charge on any atom is 0.176 e. The molecule has 0 fully saturated rings. The fourth-order valence-corrected chi connectivity index (χ4v) is 0.306. The number of nitrogens with one attached hydrogen (secondary N) is 1. The normalized spacial score (nSPS) is 6.00. The van der Waals surface area contributed by atoms with Crippen LogP contribution in [-0.4, -0.2) is 6.54 Å². The van der Waals surface area contributed by atoms with E-state index in [0.717, 1.165) is 6.42 Å². The van der Waals surface area contributed by atoms with Crippen LogP contribution in [0, 0.1) is 23.3 Å². The highest BCUT2D eigenvalue weighted by atomic mass is 14.8. The Balaban J connectivity index is 2.93. The van der Waals surface area contributed by atoms with Crippen molar-refractivity contribution in [2.75, 3.05) is 6.54 Å². The van der Waals surface area contributed by atoms with Crippen molar-refractivity contribution in [3.63, 3.8) is 0 Å². The van der Waals surface area contributed by atoms with E-state index in [-0.39, 0.29) is 0 Å². The van der Waals surface area contributed by atoms with Crippen molar-refractivity contribution in [2.24, 2.45) is 0 Å². The van der Waals surface area contributed by atoms with Gasteiger partial charge in [0.15, 0.2) is 6.19 Å². The molecule has 0 saturated carbocycles. The van der Waals surface area contributed by atoms with E-state index in [1.807, 2.05) is 6.19 Å². The van der Waals surface area contributed by atoms with Gasteiger partial charge in [-0.2, -0.15) is 5.26 Å². The second kappa shape index (κ2) is 5.85. The van der Waals surface area contributed by atoms with Crippen LogP contribution in [0.4, 0.5) is 0 Å². The monoisotopic (exact) mass is 108 g/mol. The van der Waals surface area contributed by atoms with Gasteiger partial charge < -0.3 is 5.32 Å². The van der Waals surface area contributed by atoms with Crippen molar-refractivity contribution >= 4 is 0 Å². The second-order valence-electron chi connectivity index (χ2n) is 1.22. The van der Waals surface area contributed by atoms with Crippen molar-refractivity contribution in [1.82, 2.24) is 5.32 Å². The lowest BCUT2D eigenvalue weighted by molar-refractivity contribution is 0.878. The molecule has 0 heterocycles. The fraction of sp³-hybridized carbons (Fsp3) is 0.500. The Morgan fingerprint density at radius 2 is 2.38 bits per heavy atom. The van der Waals surface area contributed by atoms with Crippen LogP contribution in [0.25, 0.3) is 0 Å². The zero-order valence-corrected chi connectivity index (χ0v) is 4.86. The van der Waals surface area contributed by atoms with Crippen LogP contribution < -0.4 is 5.32 Å². The van der Waals surface area contributed by atoms with E-state index in [4.69, 9.17) is 5.26 Å². The number of hydrogen-bond donors (Lipinski definition) is 1. The highest BCUT2D eigenvalue weighted by Gasteiger charge is 1.73. The summed E-state index contributed by atoms with van der Waals surface area (Å²) in [6, 6.07) is 0. The van der Waals surface area contributed by atoms with Crippen molar-refractivity contribution in [3.8, 4) is 18.0 Å². The van der Waals surface area contributed by atoms with Gasteiger partial charge in [-0.3, -0.25) is 0 Å². The van der Waals surface area contributed by atoms with E-state index in [0.29, 0.717) is 6.54 Å². The van der Waals surface area contributed by atoms with Gasteiger partial charge in [0.1, 0.15) is 0 Å². The molecule has 0 aromatic heterocycles. The van der Waals surface area contributed by atoms with Gasteiger partial charge in [0.25, 0.3) is 0 Å². The lowest BCUT2D eigenvalue weighted by atomic mass is 10.4. The van der Waals surface area contributed by atoms with Gasteiger partial charge in [-0.15, -0.1) is 11.8 Å². The first-order valence-electron chi connectivity index (χ1n) is 2.43. The SMILES string of the molecule is CC#CCCNC#N. The predicted molar refractivity (Wildman–Crippen MR) is 31.7 cm³/mol. The minimum absolute atomic E-state index is 0.664. The molecule has 0 aliphatic rings. The molecule has 0 radical (unpaired) electrons. The van der Waals surface area contributed by atoms with E-state index in [1.165, 1.54) is 0 Å². The van der Waals surface area contributed by atoms with Crippen LogP contribution >= 0.6 is 0 Å². The molecule has 0 bridgehead atoms. The zero-order valence-electron chi connectivity index (χ0n) is 4.86. The molecule has 2 heteroatoms. The van der Waals surface area contributed by atoms with Crippen LogP contribution in [-0.2, 0) is 0 Å². The average Bonchev–Trinajstić information content (AvgIpc) is 1.81. The molecule has 2 nitrogen and oxygen atoms in total.